The van der Waals surface area contributed by atoms with Crippen LogP contribution in [0.4, 0.5) is 0 Å². The molecule has 1 aliphatic rings. The predicted octanol–water partition coefficient (Wildman–Crippen LogP) is 3.78. The third-order valence-corrected chi connectivity index (χ3v) is 4.22. The zero-order valence-electron chi connectivity index (χ0n) is 11.3. The molecule has 3 nitrogen and oxygen atoms in total. The second kappa shape index (κ2) is 7.74. The van der Waals surface area contributed by atoms with Gasteiger partial charge >= 0.3 is 0 Å². The second-order valence-electron chi connectivity index (χ2n) is 5.13. The van der Waals surface area contributed by atoms with E-state index in [1.54, 1.807) is 12.1 Å². The van der Waals surface area contributed by atoms with Crippen molar-refractivity contribution in [3.63, 3.8) is 0 Å². The Kier molecular flexibility index (Phi) is 5.98. The van der Waals surface area contributed by atoms with Crippen molar-refractivity contribution in [1.82, 2.24) is 10.6 Å². The molecule has 0 aromatic heterocycles. The first kappa shape index (κ1) is 15.4. The molecule has 0 radical (unpaired) electrons. The molecule has 108 valence electrons. The first-order chi connectivity index (χ1) is 9.65. The molecule has 0 saturated heterocycles. The van der Waals surface area contributed by atoms with Gasteiger partial charge in [0, 0.05) is 16.1 Å². The van der Waals surface area contributed by atoms with Crippen molar-refractivity contribution in [2.24, 2.45) is 0 Å². The quantitative estimate of drug-likeness (QED) is 0.627. The van der Waals surface area contributed by atoms with Crippen LogP contribution in [0.1, 0.15) is 48.9 Å². The summed E-state index contributed by atoms with van der Waals surface area (Å²) in [7, 11) is 0. The number of halogens is 1. The summed E-state index contributed by atoms with van der Waals surface area (Å²) in [4.78, 5) is 12.1. The fraction of sp³-hybridized carbons (Fsp3) is 0.467. The lowest BCUT2D eigenvalue weighted by molar-refractivity contribution is 0.0976. The Balaban J connectivity index is 1.86. The van der Waals surface area contributed by atoms with Gasteiger partial charge in [0.15, 0.2) is 5.11 Å². The van der Waals surface area contributed by atoms with Crippen LogP contribution in [0.5, 0.6) is 0 Å². The van der Waals surface area contributed by atoms with Crippen LogP contribution in [0.2, 0.25) is 0 Å². The van der Waals surface area contributed by atoms with Gasteiger partial charge in [-0.3, -0.25) is 10.1 Å². The number of carbonyl (C=O) groups excluding carboxylic acids is 1. The zero-order chi connectivity index (χ0) is 14.4. The van der Waals surface area contributed by atoms with E-state index in [0.717, 1.165) is 17.3 Å². The van der Waals surface area contributed by atoms with Crippen LogP contribution in [0.3, 0.4) is 0 Å². The van der Waals surface area contributed by atoms with E-state index < -0.39 is 0 Å². The smallest absolute Gasteiger partial charge is 0.257 e. The Morgan fingerprint density at radius 1 is 1.20 bits per heavy atom. The van der Waals surface area contributed by atoms with Crippen molar-refractivity contribution in [2.45, 2.75) is 44.6 Å². The third-order valence-electron chi connectivity index (χ3n) is 3.50. The van der Waals surface area contributed by atoms with E-state index in [4.69, 9.17) is 12.2 Å². The maximum atomic E-state index is 12.1. The van der Waals surface area contributed by atoms with Crippen molar-refractivity contribution in [1.29, 1.82) is 0 Å². The molecule has 2 rings (SSSR count). The van der Waals surface area contributed by atoms with Crippen LogP contribution >= 0.6 is 28.1 Å². The van der Waals surface area contributed by atoms with Crippen LogP contribution < -0.4 is 10.6 Å². The van der Waals surface area contributed by atoms with Gasteiger partial charge in [0.2, 0.25) is 0 Å². The lowest BCUT2D eigenvalue weighted by Gasteiger charge is -2.18. The predicted molar refractivity (Wildman–Crippen MR) is 88.8 cm³/mol. The number of rotatable bonds is 2. The van der Waals surface area contributed by atoms with Crippen molar-refractivity contribution in [3.8, 4) is 0 Å². The summed E-state index contributed by atoms with van der Waals surface area (Å²) < 4.78 is 0.882. The van der Waals surface area contributed by atoms with E-state index >= 15 is 0 Å². The van der Waals surface area contributed by atoms with Gasteiger partial charge in [-0.1, -0.05) is 47.7 Å². The fourth-order valence-corrected chi connectivity index (χ4v) is 3.11. The van der Waals surface area contributed by atoms with Gasteiger partial charge in [0.1, 0.15) is 0 Å². The fourth-order valence-electron chi connectivity index (χ4n) is 2.45. The average molecular weight is 355 g/mol. The van der Waals surface area contributed by atoms with Crippen molar-refractivity contribution in [2.75, 3.05) is 0 Å². The Morgan fingerprint density at radius 2 is 1.90 bits per heavy atom. The second-order valence-corrected chi connectivity index (χ2v) is 6.45. The summed E-state index contributed by atoms with van der Waals surface area (Å²) in [5, 5.41) is 6.45. The van der Waals surface area contributed by atoms with E-state index in [9.17, 15) is 4.79 Å². The number of benzene rings is 1. The summed E-state index contributed by atoms with van der Waals surface area (Å²) in [5.41, 5.74) is 0.601. The van der Waals surface area contributed by atoms with Crippen LogP contribution in [0.25, 0.3) is 0 Å². The standard InChI is InChI=1S/C15H19BrN2OS/c16-12-7-5-6-11(10-12)14(19)18-15(20)17-13-8-3-1-2-4-9-13/h5-7,10,13H,1-4,8-9H2,(H2,17,18,19,20). The Labute approximate surface area is 133 Å². The zero-order valence-corrected chi connectivity index (χ0v) is 13.7. The molecule has 1 aromatic rings. The number of carbonyl (C=O) groups is 1. The molecule has 0 heterocycles. The minimum absolute atomic E-state index is 0.169. The molecule has 1 aromatic carbocycles. The van der Waals surface area contributed by atoms with E-state index in [-0.39, 0.29) is 5.91 Å². The Morgan fingerprint density at radius 3 is 2.55 bits per heavy atom. The number of thiocarbonyl (C=S) groups is 1. The maximum Gasteiger partial charge on any atom is 0.257 e. The normalized spacial score (nSPS) is 16.2. The van der Waals surface area contributed by atoms with Crippen LogP contribution in [0, 0.1) is 0 Å². The van der Waals surface area contributed by atoms with E-state index in [1.807, 2.05) is 12.1 Å². The first-order valence-corrected chi connectivity index (χ1v) is 8.23. The summed E-state index contributed by atoms with van der Waals surface area (Å²) in [5.74, 6) is -0.169. The summed E-state index contributed by atoms with van der Waals surface area (Å²) in [6, 6.07) is 7.67. The molecule has 2 N–H and O–H groups in total. The van der Waals surface area contributed by atoms with Gasteiger partial charge in [0.25, 0.3) is 5.91 Å². The molecular formula is C15H19BrN2OS. The van der Waals surface area contributed by atoms with E-state index in [1.165, 1.54) is 25.7 Å². The van der Waals surface area contributed by atoms with Crippen molar-refractivity contribution < 1.29 is 4.79 Å². The van der Waals surface area contributed by atoms with Crippen LogP contribution in [-0.2, 0) is 0 Å². The van der Waals surface area contributed by atoms with Gasteiger partial charge in [-0.2, -0.15) is 0 Å². The highest BCUT2D eigenvalue weighted by Crippen LogP contribution is 2.17. The summed E-state index contributed by atoms with van der Waals surface area (Å²) in [6.45, 7) is 0. The van der Waals surface area contributed by atoms with Crippen molar-refractivity contribution >= 4 is 39.2 Å². The molecule has 5 heteroatoms. The largest absolute Gasteiger partial charge is 0.360 e. The number of hydrogen-bond acceptors (Lipinski definition) is 2. The molecular weight excluding hydrogens is 336 g/mol. The lowest BCUT2D eigenvalue weighted by atomic mass is 10.1. The van der Waals surface area contributed by atoms with Gasteiger partial charge in [-0.05, 0) is 43.3 Å². The molecule has 0 bridgehead atoms. The average Bonchev–Trinajstić information content (AvgIpc) is 2.67. The lowest BCUT2D eigenvalue weighted by Crippen LogP contribution is -2.44. The highest BCUT2D eigenvalue weighted by Gasteiger charge is 2.14. The van der Waals surface area contributed by atoms with E-state index in [0.29, 0.717) is 16.7 Å². The monoisotopic (exact) mass is 354 g/mol. The van der Waals surface area contributed by atoms with Crippen LogP contribution in [-0.4, -0.2) is 17.1 Å². The molecule has 1 fully saturated rings. The number of amides is 1. The molecule has 1 aliphatic carbocycles. The minimum atomic E-state index is -0.169. The molecule has 0 aliphatic heterocycles. The number of nitrogens with one attached hydrogen (secondary N) is 2. The summed E-state index contributed by atoms with van der Waals surface area (Å²) >= 11 is 8.59. The maximum absolute atomic E-state index is 12.1. The SMILES string of the molecule is O=C(NC(=S)NC1CCCCCC1)c1cccc(Br)c1. The minimum Gasteiger partial charge on any atom is -0.360 e. The molecule has 0 atom stereocenters. The Hall–Kier alpha value is -0.940. The van der Waals surface area contributed by atoms with Gasteiger partial charge in [0.05, 0.1) is 0 Å². The van der Waals surface area contributed by atoms with E-state index in [2.05, 4.69) is 26.6 Å². The highest BCUT2D eigenvalue weighted by atomic mass is 79.9. The highest BCUT2D eigenvalue weighted by molar-refractivity contribution is 9.10. The third kappa shape index (κ3) is 4.87. The topological polar surface area (TPSA) is 41.1 Å². The van der Waals surface area contributed by atoms with Gasteiger partial charge in [-0.25, -0.2) is 0 Å². The molecule has 0 spiro atoms. The van der Waals surface area contributed by atoms with Gasteiger partial charge in [-0.15, -0.1) is 0 Å². The summed E-state index contributed by atoms with van der Waals surface area (Å²) in [6.07, 6.45) is 7.34. The number of hydrogen-bond donors (Lipinski definition) is 2. The van der Waals surface area contributed by atoms with Gasteiger partial charge < -0.3 is 5.32 Å². The molecule has 0 unspecified atom stereocenters. The molecule has 1 saturated carbocycles. The van der Waals surface area contributed by atoms with Crippen molar-refractivity contribution in [3.05, 3.63) is 34.3 Å². The Bertz CT molecular complexity index is 485. The van der Waals surface area contributed by atoms with Crippen LogP contribution in [0.15, 0.2) is 28.7 Å². The molecule has 1 amide bonds. The first-order valence-electron chi connectivity index (χ1n) is 7.02. The molecule has 20 heavy (non-hydrogen) atoms.